The first-order chi connectivity index (χ1) is 19.3. The van der Waals surface area contributed by atoms with E-state index in [4.69, 9.17) is 4.74 Å². The Morgan fingerprint density at radius 2 is 1.82 bits per heavy atom. The Labute approximate surface area is 229 Å². The molecule has 1 N–H and O–H groups in total. The zero-order chi connectivity index (χ0) is 26.0. The summed E-state index contributed by atoms with van der Waals surface area (Å²) in [6.07, 6.45) is 7.74. The number of pyridine rings is 1. The number of hydrogen-bond acceptors (Lipinski definition) is 6. The molecule has 6 aromatic rings. The first-order valence-corrected chi connectivity index (χ1v) is 13.4. The number of benzene rings is 2. The van der Waals surface area contributed by atoms with Crippen molar-refractivity contribution in [2.45, 2.75) is 13.0 Å². The number of H-pyrrole nitrogens is 1. The molecule has 1 aliphatic rings. The van der Waals surface area contributed by atoms with E-state index < -0.39 is 0 Å². The Hall–Kier alpha value is -5.00. The third kappa shape index (κ3) is 4.72. The van der Waals surface area contributed by atoms with Gasteiger partial charge in [0.05, 0.1) is 22.8 Å². The summed E-state index contributed by atoms with van der Waals surface area (Å²) in [5.41, 5.74) is 10.4. The summed E-state index contributed by atoms with van der Waals surface area (Å²) < 4.78 is 7.66. The highest BCUT2D eigenvalue weighted by atomic mass is 32.1. The lowest BCUT2D eigenvalue weighted by Crippen LogP contribution is -2.00. The summed E-state index contributed by atoms with van der Waals surface area (Å²) in [7, 11) is 0. The van der Waals surface area contributed by atoms with Crippen LogP contribution in [0.1, 0.15) is 21.6 Å². The molecule has 2 aromatic carbocycles. The lowest BCUT2D eigenvalue weighted by atomic mass is 10.1. The van der Waals surface area contributed by atoms with Crippen molar-refractivity contribution >= 4 is 11.3 Å². The molecule has 0 saturated carbocycles. The number of hydrogen-bond donors (Lipinski definition) is 1. The Kier molecular flexibility index (Phi) is 5.96. The van der Waals surface area contributed by atoms with Crippen molar-refractivity contribution in [3.05, 3.63) is 113 Å². The van der Waals surface area contributed by atoms with Crippen LogP contribution in [0, 0.1) is 11.8 Å². The van der Waals surface area contributed by atoms with Crippen LogP contribution in [0.15, 0.2) is 91.1 Å². The fourth-order valence-corrected chi connectivity index (χ4v) is 5.64. The predicted octanol–water partition coefficient (Wildman–Crippen LogP) is 5.84. The highest BCUT2D eigenvalue weighted by Crippen LogP contribution is 2.41. The topological polar surface area (TPSA) is 81.5 Å². The summed E-state index contributed by atoms with van der Waals surface area (Å²) in [5.74, 6) is 7.17. The van der Waals surface area contributed by atoms with Gasteiger partial charge in [-0.1, -0.05) is 42.2 Å². The van der Waals surface area contributed by atoms with E-state index in [1.807, 2.05) is 41.1 Å². The molecule has 7 nitrogen and oxygen atoms in total. The second-order valence-corrected chi connectivity index (χ2v) is 10.1. The summed E-state index contributed by atoms with van der Waals surface area (Å²) in [5, 5.41) is 14.3. The Morgan fingerprint density at radius 3 is 2.67 bits per heavy atom. The predicted molar refractivity (Wildman–Crippen MR) is 151 cm³/mol. The fraction of sp³-hybridized carbons (Fsp3) is 0.0968. The van der Waals surface area contributed by atoms with Crippen LogP contribution in [0.25, 0.3) is 33.6 Å². The van der Waals surface area contributed by atoms with Gasteiger partial charge < -0.3 is 4.74 Å². The average Bonchev–Trinajstić information content (AvgIpc) is 3.78. The van der Waals surface area contributed by atoms with Crippen molar-refractivity contribution in [2.24, 2.45) is 0 Å². The standard InChI is InChI=1S/C31H22N6OS/c1(13-38-26-6-4-22(5-7-26)23-9-11-32-12-10-23)2-27-15-25(18-39-27)30-29-16-24-14-21(17-37-20-33-19-34-37)3-8-28(24)31(29)36-35-30/h3-12,14-15,18-20H,13,16-17H2,(H,35,36). The number of aromatic amines is 1. The number of ether oxygens (including phenoxy) is 1. The molecule has 0 saturated heterocycles. The zero-order valence-electron chi connectivity index (χ0n) is 20.8. The molecule has 4 heterocycles. The average molecular weight is 527 g/mol. The molecule has 0 aliphatic heterocycles. The van der Waals surface area contributed by atoms with E-state index >= 15 is 0 Å². The van der Waals surface area contributed by atoms with Crippen molar-refractivity contribution in [2.75, 3.05) is 6.61 Å². The van der Waals surface area contributed by atoms with Crippen molar-refractivity contribution in [1.29, 1.82) is 0 Å². The van der Waals surface area contributed by atoms with Gasteiger partial charge in [0.25, 0.3) is 0 Å². The molecule has 0 radical (unpaired) electrons. The second kappa shape index (κ2) is 10.0. The molecular formula is C31H22N6OS. The molecule has 1 aliphatic carbocycles. The smallest absolute Gasteiger partial charge is 0.149 e. The minimum absolute atomic E-state index is 0.325. The van der Waals surface area contributed by atoms with Crippen LogP contribution in [0.2, 0.25) is 0 Å². The monoisotopic (exact) mass is 526 g/mol. The molecule has 39 heavy (non-hydrogen) atoms. The maximum Gasteiger partial charge on any atom is 0.149 e. The first kappa shape index (κ1) is 23.1. The summed E-state index contributed by atoms with van der Waals surface area (Å²) in [6, 6.07) is 20.7. The van der Waals surface area contributed by atoms with Crippen LogP contribution >= 0.6 is 11.3 Å². The van der Waals surface area contributed by atoms with E-state index in [1.54, 1.807) is 36.4 Å². The molecule has 0 amide bonds. The number of nitrogens with zero attached hydrogens (tertiary/aromatic N) is 5. The highest BCUT2D eigenvalue weighted by molar-refractivity contribution is 7.11. The number of aromatic nitrogens is 6. The first-order valence-electron chi connectivity index (χ1n) is 12.5. The molecule has 0 bridgehead atoms. The molecule has 0 spiro atoms. The van der Waals surface area contributed by atoms with Gasteiger partial charge in [0.15, 0.2) is 0 Å². The van der Waals surface area contributed by atoms with Crippen LogP contribution < -0.4 is 4.74 Å². The van der Waals surface area contributed by atoms with Crippen LogP contribution in [0.5, 0.6) is 5.75 Å². The van der Waals surface area contributed by atoms with E-state index in [0.717, 1.165) is 45.1 Å². The molecule has 0 unspecified atom stereocenters. The van der Waals surface area contributed by atoms with Crippen LogP contribution in [-0.2, 0) is 13.0 Å². The normalized spacial score (nSPS) is 11.5. The van der Waals surface area contributed by atoms with E-state index in [1.165, 1.54) is 22.3 Å². The third-order valence-electron chi connectivity index (χ3n) is 6.75. The molecule has 4 aromatic heterocycles. The van der Waals surface area contributed by atoms with Gasteiger partial charge >= 0.3 is 0 Å². The highest BCUT2D eigenvalue weighted by Gasteiger charge is 2.25. The molecule has 8 heteroatoms. The second-order valence-electron chi connectivity index (χ2n) is 9.24. The van der Waals surface area contributed by atoms with Gasteiger partial charge in [-0.2, -0.15) is 10.2 Å². The van der Waals surface area contributed by atoms with Gasteiger partial charge in [0.2, 0.25) is 0 Å². The van der Waals surface area contributed by atoms with Crippen LogP contribution in [-0.4, -0.2) is 36.6 Å². The van der Waals surface area contributed by atoms with Gasteiger partial charge in [-0.25, -0.2) is 9.67 Å². The van der Waals surface area contributed by atoms with Gasteiger partial charge in [0, 0.05) is 40.9 Å². The van der Waals surface area contributed by atoms with E-state index in [-0.39, 0.29) is 0 Å². The number of nitrogens with one attached hydrogen (secondary N) is 1. The van der Waals surface area contributed by atoms with Gasteiger partial charge in [0.1, 0.15) is 25.0 Å². The van der Waals surface area contributed by atoms with Crippen molar-refractivity contribution in [1.82, 2.24) is 29.9 Å². The zero-order valence-corrected chi connectivity index (χ0v) is 21.7. The lowest BCUT2D eigenvalue weighted by Gasteiger charge is -2.05. The molecule has 0 atom stereocenters. The number of rotatable bonds is 6. The Balaban J connectivity index is 1.00. The summed E-state index contributed by atoms with van der Waals surface area (Å²) in [6.45, 7) is 1.03. The minimum Gasteiger partial charge on any atom is -0.481 e. The van der Waals surface area contributed by atoms with Crippen molar-refractivity contribution < 1.29 is 4.74 Å². The minimum atomic E-state index is 0.325. The lowest BCUT2D eigenvalue weighted by molar-refractivity contribution is 0.370. The fourth-order valence-electron chi connectivity index (χ4n) is 4.88. The van der Waals surface area contributed by atoms with Crippen molar-refractivity contribution in [3.63, 3.8) is 0 Å². The number of fused-ring (bicyclic) bond motifs is 3. The van der Waals surface area contributed by atoms with Gasteiger partial charge in [-0.15, -0.1) is 11.3 Å². The molecule has 7 rings (SSSR count). The number of thiophene rings is 1. The van der Waals surface area contributed by atoms with Gasteiger partial charge in [-0.05, 0) is 52.6 Å². The molecular weight excluding hydrogens is 504 g/mol. The summed E-state index contributed by atoms with van der Waals surface area (Å²) in [4.78, 5) is 9.09. The Morgan fingerprint density at radius 1 is 0.949 bits per heavy atom. The third-order valence-corrected chi connectivity index (χ3v) is 7.59. The quantitative estimate of drug-likeness (QED) is 0.275. The van der Waals surface area contributed by atoms with E-state index in [0.29, 0.717) is 13.2 Å². The van der Waals surface area contributed by atoms with Crippen LogP contribution in [0.3, 0.4) is 0 Å². The van der Waals surface area contributed by atoms with E-state index in [9.17, 15) is 0 Å². The van der Waals surface area contributed by atoms with E-state index in [2.05, 4.69) is 66.8 Å². The maximum atomic E-state index is 5.83. The maximum absolute atomic E-state index is 5.83. The molecule has 188 valence electrons. The summed E-state index contributed by atoms with van der Waals surface area (Å²) >= 11 is 1.62. The largest absolute Gasteiger partial charge is 0.481 e. The SMILES string of the molecule is C(#Cc1cc(-c2n[nH]c3c2Cc2cc(Cn4cncn4)ccc2-3)cs1)COc1ccc(-c2ccncc2)cc1. The van der Waals surface area contributed by atoms with Crippen molar-refractivity contribution in [3.8, 4) is 51.2 Å². The van der Waals surface area contributed by atoms with Gasteiger partial charge in [-0.3, -0.25) is 10.1 Å². The van der Waals surface area contributed by atoms with Crippen LogP contribution in [0.4, 0.5) is 0 Å². The molecule has 0 fully saturated rings. The Bertz CT molecular complexity index is 1810.